The first-order chi connectivity index (χ1) is 8.24. The molecule has 3 unspecified atom stereocenters. The predicted molar refractivity (Wildman–Crippen MR) is 73.4 cm³/mol. The molecule has 0 bridgehead atoms. The molecule has 0 radical (unpaired) electrons. The van der Waals surface area contributed by atoms with Crippen LogP contribution in [-0.4, -0.2) is 61.2 Å². The van der Waals surface area contributed by atoms with Crippen molar-refractivity contribution in [3.8, 4) is 0 Å². The minimum absolute atomic E-state index is 0.743. The first-order valence-corrected chi connectivity index (χ1v) is 7.40. The van der Waals surface area contributed by atoms with Crippen LogP contribution in [-0.2, 0) is 0 Å². The first kappa shape index (κ1) is 13.3. The van der Waals surface area contributed by atoms with Crippen molar-refractivity contribution in [2.75, 3.05) is 33.2 Å². The van der Waals surface area contributed by atoms with Crippen LogP contribution < -0.4 is 5.32 Å². The topological polar surface area (TPSA) is 18.5 Å². The molecule has 100 valence electrons. The monoisotopic (exact) mass is 239 g/mol. The van der Waals surface area contributed by atoms with Gasteiger partial charge in [0.1, 0.15) is 0 Å². The summed E-state index contributed by atoms with van der Waals surface area (Å²) in [6, 6.07) is 2.31. The van der Waals surface area contributed by atoms with Crippen LogP contribution in [0.3, 0.4) is 0 Å². The van der Waals surface area contributed by atoms with Gasteiger partial charge in [-0.3, -0.25) is 4.90 Å². The average molecular weight is 239 g/mol. The third-order valence-electron chi connectivity index (χ3n) is 4.73. The van der Waals surface area contributed by atoms with Crippen LogP contribution in [0.2, 0.25) is 0 Å². The lowest BCUT2D eigenvalue weighted by atomic mass is 9.94. The van der Waals surface area contributed by atoms with E-state index in [9.17, 15) is 0 Å². The average Bonchev–Trinajstić information content (AvgIpc) is 2.38. The van der Waals surface area contributed by atoms with E-state index in [4.69, 9.17) is 0 Å². The second-order valence-electron chi connectivity index (χ2n) is 5.79. The fraction of sp³-hybridized carbons (Fsp3) is 1.00. The molecule has 2 fully saturated rings. The van der Waals surface area contributed by atoms with Crippen molar-refractivity contribution in [3.05, 3.63) is 0 Å². The fourth-order valence-corrected chi connectivity index (χ4v) is 3.58. The zero-order valence-corrected chi connectivity index (χ0v) is 11.8. The Labute approximate surface area is 107 Å². The van der Waals surface area contributed by atoms with Gasteiger partial charge >= 0.3 is 0 Å². The summed E-state index contributed by atoms with van der Waals surface area (Å²) >= 11 is 0. The summed E-state index contributed by atoms with van der Waals surface area (Å²) in [6.07, 6.45) is 5.44. The Balaban J connectivity index is 1.89. The Morgan fingerprint density at radius 3 is 2.71 bits per heavy atom. The van der Waals surface area contributed by atoms with Crippen LogP contribution in [0.1, 0.15) is 39.5 Å². The molecule has 2 rings (SSSR count). The van der Waals surface area contributed by atoms with E-state index in [-0.39, 0.29) is 0 Å². The van der Waals surface area contributed by atoms with E-state index in [1.807, 2.05) is 0 Å². The second-order valence-corrected chi connectivity index (χ2v) is 5.79. The van der Waals surface area contributed by atoms with Crippen LogP contribution in [0.5, 0.6) is 0 Å². The number of hydrogen-bond donors (Lipinski definition) is 1. The molecule has 2 aliphatic heterocycles. The summed E-state index contributed by atoms with van der Waals surface area (Å²) in [7, 11) is 2.10. The number of nitrogens with one attached hydrogen (secondary N) is 1. The number of nitrogens with zero attached hydrogens (tertiary/aromatic N) is 2. The number of rotatable bonds is 3. The zero-order chi connectivity index (χ0) is 12.3. The number of hydrogen-bond acceptors (Lipinski definition) is 3. The zero-order valence-electron chi connectivity index (χ0n) is 11.8. The summed E-state index contributed by atoms with van der Waals surface area (Å²) in [4.78, 5) is 5.39. The first-order valence-electron chi connectivity index (χ1n) is 7.40. The van der Waals surface area contributed by atoms with Crippen molar-refractivity contribution in [2.24, 2.45) is 0 Å². The molecule has 2 aliphatic rings. The Morgan fingerprint density at radius 1 is 1.24 bits per heavy atom. The largest absolute Gasteiger partial charge is 0.317 e. The van der Waals surface area contributed by atoms with Gasteiger partial charge in [0.2, 0.25) is 0 Å². The Morgan fingerprint density at radius 2 is 2.06 bits per heavy atom. The molecular weight excluding hydrogens is 210 g/mol. The highest BCUT2D eigenvalue weighted by Gasteiger charge is 2.31. The van der Waals surface area contributed by atoms with Crippen molar-refractivity contribution in [3.63, 3.8) is 0 Å². The molecule has 2 saturated heterocycles. The maximum Gasteiger partial charge on any atom is 0.0226 e. The predicted octanol–water partition coefficient (Wildman–Crippen LogP) is 1.54. The smallest absolute Gasteiger partial charge is 0.0226 e. The molecule has 0 saturated carbocycles. The maximum absolute atomic E-state index is 3.44. The highest BCUT2D eigenvalue weighted by Crippen LogP contribution is 2.24. The van der Waals surface area contributed by atoms with E-state index >= 15 is 0 Å². The molecule has 17 heavy (non-hydrogen) atoms. The summed E-state index contributed by atoms with van der Waals surface area (Å²) in [5, 5.41) is 3.44. The van der Waals surface area contributed by atoms with E-state index in [0.717, 1.165) is 18.1 Å². The Hall–Kier alpha value is -0.120. The molecule has 0 aliphatic carbocycles. The van der Waals surface area contributed by atoms with Gasteiger partial charge in [-0.1, -0.05) is 6.92 Å². The molecular formula is C14H29N3. The van der Waals surface area contributed by atoms with E-state index in [1.165, 1.54) is 51.9 Å². The van der Waals surface area contributed by atoms with Crippen LogP contribution in [0.15, 0.2) is 0 Å². The van der Waals surface area contributed by atoms with E-state index in [0.29, 0.717) is 0 Å². The molecule has 3 atom stereocenters. The van der Waals surface area contributed by atoms with Crippen molar-refractivity contribution in [2.45, 2.75) is 57.7 Å². The fourth-order valence-electron chi connectivity index (χ4n) is 3.58. The van der Waals surface area contributed by atoms with Gasteiger partial charge in [0.15, 0.2) is 0 Å². The van der Waals surface area contributed by atoms with Gasteiger partial charge in [-0.25, -0.2) is 0 Å². The third kappa shape index (κ3) is 3.21. The second kappa shape index (κ2) is 6.17. The van der Waals surface area contributed by atoms with Gasteiger partial charge in [-0.2, -0.15) is 0 Å². The van der Waals surface area contributed by atoms with Crippen LogP contribution >= 0.6 is 0 Å². The minimum Gasteiger partial charge on any atom is -0.317 e. The van der Waals surface area contributed by atoms with Crippen LogP contribution in [0.25, 0.3) is 0 Å². The summed E-state index contributed by atoms with van der Waals surface area (Å²) < 4.78 is 0. The van der Waals surface area contributed by atoms with Gasteiger partial charge in [-0.05, 0) is 52.7 Å². The normalized spacial score (nSPS) is 37.2. The van der Waals surface area contributed by atoms with Crippen LogP contribution in [0.4, 0.5) is 0 Å². The maximum atomic E-state index is 3.44. The van der Waals surface area contributed by atoms with Gasteiger partial charge in [-0.15, -0.1) is 0 Å². The Kier molecular flexibility index (Phi) is 4.83. The summed E-state index contributed by atoms with van der Waals surface area (Å²) in [5.41, 5.74) is 0. The van der Waals surface area contributed by atoms with Crippen LogP contribution in [0, 0.1) is 0 Å². The molecule has 0 amide bonds. The van der Waals surface area contributed by atoms with Crippen molar-refractivity contribution in [1.29, 1.82) is 0 Å². The molecule has 3 heteroatoms. The standard InChI is InChI=1S/C14H29N3/c1-4-16-8-5-6-14(11-16)17-9-7-13(15-3)10-12(17)2/h12-15H,4-11H2,1-3H3. The van der Waals surface area contributed by atoms with Crippen molar-refractivity contribution >= 4 is 0 Å². The summed E-state index contributed by atoms with van der Waals surface area (Å²) in [6.45, 7) is 9.82. The molecule has 0 aromatic rings. The molecule has 0 aromatic heterocycles. The van der Waals surface area contributed by atoms with E-state index in [2.05, 4.69) is 36.0 Å². The minimum atomic E-state index is 0.743. The quantitative estimate of drug-likeness (QED) is 0.806. The Bertz CT molecular complexity index is 232. The number of likely N-dealkylation sites (N-methyl/N-ethyl adjacent to an activating group) is 1. The van der Waals surface area contributed by atoms with Gasteiger partial charge in [0.05, 0.1) is 0 Å². The van der Waals surface area contributed by atoms with Gasteiger partial charge in [0.25, 0.3) is 0 Å². The highest BCUT2D eigenvalue weighted by molar-refractivity contribution is 4.89. The highest BCUT2D eigenvalue weighted by atomic mass is 15.3. The third-order valence-corrected chi connectivity index (χ3v) is 4.73. The molecule has 3 nitrogen and oxygen atoms in total. The molecule has 0 aromatic carbocycles. The summed E-state index contributed by atoms with van der Waals surface area (Å²) in [5.74, 6) is 0. The lowest BCUT2D eigenvalue weighted by Gasteiger charge is -2.46. The van der Waals surface area contributed by atoms with Gasteiger partial charge in [0, 0.05) is 31.2 Å². The van der Waals surface area contributed by atoms with Gasteiger partial charge < -0.3 is 10.2 Å². The van der Waals surface area contributed by atoms with E-state index in [1.54, 1.807) is 0 Å². The van der Waals surface area contributed by atoms with Crippen molar-refractivity contribution < 1.29 is 0 Å². The molecule has 2 heterocycles. The lowest BCUT2D eigenvalue weighted by molar-refractivity contribution is 0.0425. The van der Waals surface area contributed by atoms with Crippen molar-refractivity contribution in [1.82, 2.24) is 15.1 Å². The van der Waals surface area contributed by atoms with E-state index < -0.39 is 0 Å². The molecule has 1 N–H and O–H groups in total. The molecule has 0 spiro atoms. The lowest BCUT2D eigenvalue weighted by Crippen LogP contribution is -2.55. The number of likely N-dealkylation sites (tertiary alicyclic amines) is 2. The SMILES string of the molecule is CCN1CCCC(N2CCC(NC)CC2C)C1. The number of piperidine rings is 2.